The Morgan fingerprint density at radius 3 is 2.62 bits per heavy atom. The standard InChI is InChI=1S/C11H5BrCl2FN3O3/c12-4-1-8(18(19)20)9(3-7(4)15)21-11-6(14)2-5(13)10(16)17-11/h1-3H,(H2,16,17). The van der Waals surface area contributed by atoms with Gasteiger partial charge in [-0.2, -0.15) is 4.98 Å². The third kappa shape index (κ3) is 3.34. The first kappa shape index (κ1) is 15.7. The summed E-state index contributed by atoms with van der Waals surface area (Å²) < 4.78 is 18.6. The fourth-order valence-corrected chi connectivity index (χ4v) is 2.11. The van der Waals surface area contributed by atoms with Crippen LogP contribution in [0.5, 0.6) is 11.6 Å². The van der Waals surface area contributed by atoms with Crippen molar-refractivity contribution in [2.45, 2.75) is 0 Å². The molecule has 0 radical (unpaired) electrons. The predicted molar refractivity (Wildman–Crippen MR) is 79.5 cm³/mol. The van der Waals surface area contributed by atoms with Gasteiger partial charge in [0.1, 0.15) is 16.7 Å². The van der Waals surface area contributed by atoms with Gasteiger partial charge in [0.05, 0.1) is 14.4 Å². The maximum absolute atomic E-state index is 13.5. The third-order valence-electron chi connectivity index (χ3n) is 2.33. The van der Waals surface area contributed by atoms with Crippen molar-refractivity contribution in [2.24, 2.45) is 0 Å². The van der Waals surface area contributed by atoms with Crippen LogP contribution in [0.3, 0.4) is 0 Å². The number of nitrogen functional groups attached to an aromatic ring is 1. The molecule has 2 rings (SSSR count). The second kappa shape index (κ2) is 6.00. The summed E-state index contributed by atoms with van der Waals surface area (Å²) in [6.45, 7) is 0. The normalized spacial score (nSPS) is 10.5. The molecule has 1 aromatic carbocycles. The minimum atomic E-state index is -0.742. The number of nitrogens with zero attached hydrogens (tertiary/aromatic N) is 2. The van der Waals surface area contributed by atoms with Crippen molar-refractivity contribution >= 4 is 50.6 Å². The van der Waals surface area contributed by atoms with E-state index in [1.807, 2.05) is 0 Å². The second-order valence-corrected chi connectivity index (χ2v) is 5.40. The molecule has 0 aliphatic rings. The summed E-state index contributed by atoms with van der Waals surface area (Å²) in [4.78, 5) is 14.0. The van der Waals surface area contributed by atoms with E-state index in [-0.39, 0.29) is 32.0 Å². The van der Waals surface area contributed by atoms with Gasteiger partial charge < -0.3 is 10.5 Å². The van der Waals surface area contributed by atoms with Gasteiger partial charge in [-0.05, 0) is 22.0 Å². The average Bonchev–Trinajstić information content (AvgIpc) is 2.39. The van der Waals surface area contributed by atoms with Gasteiger partial charge in [0, 0.05) is 12.1 Å². The molecule has 2 aromatic rings. The highest BCUT2D eigenvalue weighted by Crippen LogP contribution is 2.38. The molecular formula is C11H5BrCl2FN3O3. The van der Waals surface area contributed by atoms with Crippen molar-refractivity contribution in [1.82, 2.24) is 4.98 Å². The van der Waals surface area contributed by atoms with E-state index in [9.17, 15) is 14.5 Å². The lowest BCUT2D eigenvalue weighted by atomic mass is 10.3. The quantitative estimate of drug-likeness (QED) is 0.605. The summed E-state index contributed by atoms with van der Waals surface area (Å²) in [6, 6.07) is 3.07. The van der Waals surface area contributed by atoms with Gasteiger partial charge in [-0.3, -0.25) is 10.1 Å². The van der Waals surface area contributed by atoms with Gasteiger partial charge in [-0.25, -0.2) is 4.39 Å². The molecular weight excluding hydrogens is 392 g/mol. The van der Waals surface area contributed by atoms with Crippen LogP contribution in [0.1, 0.15) is 0 Å². The van der Waals surface area contributed by atoms with E-state index in [2.05, 4.69) is 20.9 Å². The van der Waals surface area contributed by atoms with Gasteiger partial charge in [0.15, 0.2) is 0 Å². The van der Waals surface area contributed by atoms with Crippen LogP contribution in [0, 0.1) is 15.9 Å². The Balaban J connectivity index is 2.51. The van der Waals surface area contributed by atoms with Gasteiger partial charge in [0.25, 0.3) is 0 Å². The van der Waals surface area contributed by atoms with Crippen LogP contribution in [0.2, 0.25) is 10.0 Å². The topological polar surface area (TPSA) is 91.3 Å². The molecule has 10 heteroatoms. The number of nitro benzene ring substituents is 1. The van der Waals surface area contributed by atoms with Crippen molar-refractivity contribution in [3.05, 3.63) is 48.6 Å². The molecule has 0 aliphatic carbocycles. The molecule has 0 saturated carbocycles. The molecule has 0 spiro atoms. The lowest BCUT2D eigenvalue weighted by molar-refractivity contribution is -0.385. The van der Waals surface area contributed by atoms with E-state index in [4.69, 9.17) is 33.7 Å². The Labute approximate surface area is 135 Å². The zero-order valence-corrected chi connectivity index (χ0v) is 13.0. The highest BCUT2D eigenvalue weighted by atomic mass is 79.9. The highest BCUT2D eigenvalue weighted by molar-refractivity contribution is 9.10. The fraction of sp³-hybridized carbons (Fsp3) is 0. The first-order valence-electron chi connectivity index (χ1n) is 5.22. The molecule has 0 atom stereocenters. The number of nitro groups is 1. The smallest absolute Gasteiger partial charge is 0.312 e. The van der Waals surface area contributed by atoms with Crippen LogP contribution < -0.4 is 10.5 Å². The molecule has 2 N–H and O–H groups in total. The minimum absolute atomic E-state index is 0.0215. The zero-order valence-electron chi connectivity index (χ0n) is 9.94. The molecule has 6 nitrogen and oxygen atoms in total. The number of anilines is 1. The van der Waals surface area contributed by atoms with E-state index in [1.165, 1.54) is 6.07 Å². The van der Waals surface area contributed by atoms with E-state index in [1.54, 1.807) is 0 Å². The van der Waals surface area contributed by atoms with E-state index >= 15 is 0 Å². The third-order valence-corrected chi connectivity index (χ3v) is 3.51. The van der Waals surface area contributed by atoms with Crippen molar-refractivity contribution in [3.8, 4) is 11.6 Å². The average molecular weight is 397 g/mol. The summed E-state index contributed by atoms with van der Waals surface area (Å²) in [5, 5.41) is 11.0. The van der Waals surface area contributed by atoms with Gasteiger partial charge in [0.2, 0.25) is 11.6 Å². The first-order valence-corrected chi connectivity index (χ1v) is 6.77. The van der Waals surface area contributed by atoms with E-state index in [0.717, 1.165) is 12.1 Å². The number of benzene rings is 1. The molecule has 0 fully saturated rings. The Hall–Kier alpha value is -1.64. The summed E-state index contributed by atoms with van der Waals surface area (Å²) in [7, 11) is 0. The number of rotatable bonds is 3. The number of pyridine rings is 1. The number of halogens is 4. The Bertz CT molecular complexity index is 745. The minimum Gasteiger partial charge on any atom is -0.430 e. The maximum atomic E-state index is 13.5. The van der Waals surface area contributed by atoms with Gasteiger partial charge >= 0.3 is 5.69 Å². The SMILES string of the molecule is Nc1nc(Oc2cc(F)c(Br)cc2[N+](=O)[O-])c(Cl)cc1Cl. The summed E-state index contributed by atoms with van der Waals surface area (Å²) in [5.74, 6) is -1.40. The van der Waals surface area contributed by atoms with Crippen LogP contribution >= 0.6 is 39.1 Å². The second-order valence-electron chi connectivity index (χ2n) is 3.74. The van der Waals surface area contributed by atoms with Crippen LogP contribution in [0.15, 0.2) is 22.7 Å². The predicted octanol–water partition coefficient (Wildman–Crippen LogP) is 4.57. The summed E-state index contributed by atoms with van der Waals surface area (Å²) >= 11 is 14.4. The Kier molecular flexibility index (Phi) is 4.50. The Morgan fingerprint density at radius 1 is 1.33 bits per heavy atom. The van der Waals surface area contributed by atoms with Gasteiger partial charge in [-0.15, -0.1) is 0 Å². The number of ether oxygens (including phenoxy) is 1. The number of aromatic nitrogens is 1. The summed E-state index contributed by atoms with van der Waals surface area (Å²) in [5.41, 5.74) is 5.03. The maximum Gasteiger partial charge on any atom is 0.312 e. The molecule has 0 aliphatic heterocycles. The number of nitrogens with two attached hydrogens (primary N) is 1. The van der Waals surface area contributed by atoms with E-state index < -0.39 is 16.4 Å². The molecule has 0 bridgehead atoms. The molecule has 110 valence electrons. The lowest BCUT2D eigenvalue weighted by Crippen LogP contribution is -1.99. The van der Waals surface area contributed by atoms with Crippen molar-refractivity contribution in [3.63, 3.8) is 0 Å². The van der Waals surface area contributed by atoms with Crippen molar-refractivity contribution in [1.29, 1.82) is 0 Å². The first-order chi connectivity index (χ1) is 9.79. The number of hydrogen-bond donors (Lipinski definition) is 1. The molecule has 1 heterocycles. The Morgan fingerprint density at radius 2 is 2.00 bits per heavy atom. The van der Waals surface area contributed by atoms with Crippen LogP contribution in [0.25, 0.3) is 0 Å². The van der Waals surface area contributed by atoms with Crippen molar-refractivity contribution < 1.29 is 14.1 Å². The van der Waals surface area contributed by atoms with E-state index in [0.29, 0.717) is 0 Å². The molecule has 0 saturated heterocycles. The molecule has 0 unspecified atom stereocenters. The monoisotopic (exact) mass is 395 g/mol. The van der Waals surface area contributed by atoms with Crippen molar-refractivity contribution in [2.75, 3.05) is 5.73 Å². The number of hydrogen-bond acceptors (Lipinski definition) is 5. The molecule has 21 heavy (non-hydrogen) atoms. The van der Waals surface area contributed by atoms with Crippen LogP contribution in [-0.4, -0.2) is 9.91 Å². The van der Waals surface area contributed by atoms with Gasteiger partial charge in [-0.1, -0.05) is 23.2 Å². The largest absolute Gasteiger partial charge is 0.430 e. The zero-order chi connectivity index (χ0) is 15.7. The lowest BCUT2D eigenvalue weighted by Gasteiger charge is -2.09. The molecule has 1 aromatic heterocycles. The summed E-state index contributed by atoms with van der Waals surface area (Å²) in [6.07, 6.45) is 0. The van der Waals surface area contributed by atoms with Crippen LogP contribution in [0.4, 0.5) is 15.9 Å². The van der Waals surface area contributed by atoms with Crippen LogP contribution in [-0.2, 0) is 0 Å². The molecule has 0 amide bonds. The highest BCUT2D eigenvalue weighted by Gasteiger charge is 2.21. The fourth-order valence-electron chi connectivity index (χ4n) is 1.38.